The summed E-state index contributed by atoms with van der Waals surface area (Å²) in [4.78, 5) is 16.1. The Kier molecular flexibility index (Phi) is 6.68. The monoisotopic (exact) mass is 307 g/mol. The van der Waals surface area contributed by atoms with Gasteiger partial charge in [-0.1, -0.05) is 24.8 Å². The number of piperazine rings is 1. The number of hydrogen-bond acceptors (Lipinski definition) is 4. The Morgan fingerprint density at radius 1 is 1.27 bits per heavy atom. The van der Waals surface area contributed by atoms with Crippen molar-refractivity contribution in [1.82, 2.24) is 9.80 Å². The van der Waals surface area contributed by atoms with Gasteiger partial charge in [0.1, 0.15) is 5.60 Å². The fourth-order valence-corrected chi connectivity index (χ4v) is 2.22. The zero-order chi connectivity index (χ0) is 16.8. The second-order valence-corrected chi connectivity index (χ2v) is 6.42. The molecule has 1 aliphatic heterocycles. The number of nitrogens with two attached hydrogens (primary N) is 1. The lowest BCUT2D eigenvalue weighted by Gasteiger charge is -2.36. The van der Waals surface area contributed by atoms with Gasteiger partial charge in [-0.05, 0) is 33.3 Å². The molecule has 0 aromatic rings. The van der Waals surface area contributed by atoms with Gasteiger partial charge in [-0.2, -0.15) is 0 Å². The van der Waals surface area contributed by atoms with Crippen LogP contribution in [-0.4, -0.2) is 54.2 Å². The minimum Gasteiger partial charge on any atom is -0.444 e. The highest BCUT2D eigenvalue weighted by molar-refractivity contribution is 5.68. The molecule has 0 unspecified atom stereocenters. The summed E-state index contributed by atoms with van der Waals surface area (Å²) in [7, 11) is 0. The number of amides is 1. The van der Waals surface area contributed by atoms with Gasteiger partial charge in [0.2, 0.25) is 0 Å². The topological polar surface area (TPSA) is 58.8 Å². The molecule has 22 heavy (non-hydrogen) atoms. The van der Waals surface area contributed by atoms with Crippen molar-refractivity contribution in [2.75, 3.05) is 32.7 Å². The molecule has 2 N–H and O–H groups in total. The zero-order valence-corrected chi connectivity index (χ0v) is 14.3. The smallest absolute Gasteiger partial charge is 0.410 e. The predicted molar refractivity (Wildman–Crippen MR) is 90.5 cm³/mol. The number of hydrogen-bond donors (Lipinski definition) is 1. The highest BCUT2D eigenvalue weighted by Crippen LogP contribution is 2.14. The highest BCUT2D eigenvalue weighted by atomic mass is 16.6. The summed E-state index contributed by atoms with van der Waals surface area (Å²) in [5, 5.41) is 0. The van der Waals surface area contributed by atoms with E-state index >= 15 is 0 Å². The lowest BCUT2D eigenvalue weighted by molar-refractivity contribution is 0.0152. The minimum atomic E-state index is -0.450. The molecule has 5 heteroatoms. The maximum Gasteiger partial charge on any atom is 0.410 e. The second kappa shape index (κ2) is 8.03. The van der Waals surface area contributed by atoms with Gasteiger partial charge in [0.25, 0.3) is 0 Å². The number of nitrogens with zero attached hydrogens (tertiary/aromatic N) is 2. The largest absolute Gasteiger partial charge is 0.444 e. The van der Waals surface area contributed by atoms with Crippen molar-refractivity contribution in [3.8, 4) is 0 Å². The summed E-state index contributed by atoms with van der Waals surface area (Å²) >= 11 is 0. The van der Waals surface area contributed by atoms with Crippen molar-refractivity contribution in [3.05, 3.63) is 36.1 Å². The number of carbonyl (C=O) groups excluding carboxylic acids is 1. The van der Waals surface area contributed by atoms with Gasteiger partial charge in [0.15, 0.2) is 0 Å². The number of carbonyl (C=O) groups is 1. The zero-order valence-electron chi connectivity index (χ0n) is 14.3. The summed E-state index contributed by atoms with van der Waals surface area (Å²) < 4.78 is 5.40. The number of ether oxygens (including phenoxy) is 1. The van der Waals surface area contributed by atoms with Gasteiger partial charge >= 0.3 is 6.09 Å². The molecule has 1 saturated heterocycles. The Morgan fingerprint density at radius 2 is 1.86 bits per heavy atom. The van der Waals surface area contributed by atoms with E-state index in [1.165, 1.54) is 0 Å². The minimum absolute atomic E-state index is 0.234. The first-order valence-corrected chi connectivity index (χ1v) is 7.71. The van der Waals surface area contributed by atoms with Crippen LogP contribution in [0.5, 0.6) is 0 Å². The Labute approximate surface area is 134 Å². The summed E-state index contributed by atoms with van der Waals surface area (Å²) in [6.45, 7) is 15.0. The molecule has 0 saturated carbocycles. The number of rotatable bonds is 4. The van der Waals surface area contributed by atoms with Crippen molar-refractivity contribution in [3.63, 3.8) is 0 Å². The van der Waals surface area contributed by atoms with Crippen molar-refractivity contribution in [2.45, 2.75) is 33.3 Å². The normalized spacial score (nSPS) is 18.3. The average molecular weight is 307 g/mol. The molecular weight excluding hydrogens is 278 g/mol. The molecule has 0 atom stereocenters. The molecule has 0 radical (unpaired) electrons. The van der Waals surface area contributed by atoms with E-state index in [0.29, 0.717) is 13.1 Å². The van der Waals surface area contributed by atoms with Crippen LogP contribution >= 0.6 is 0 Å². The fraction of sp³-hybridized carbons (Fsp3) is 0.588. The van der Waals surface area contributed by atoms with Gasteiger partial charge in [-0.15, -0.1) is 0 Å². The van der Waals surface area contributed by atoms with Crippen LogP contribution in [0.3, 0.4) is 0 Å². The van der Waals surface area contributed by atoms with Gasteiger partial charge in [0, 0.05) is 38.4 Å². The molecule has 1 rings (SSSR count). The molecule has 5 nitrogen and oxygen atoms in total. The van der Waals surface area contributed by atoms with Gasteiger partial charge in [-0.25, -0.2) is 4.79 Å². The quantitative estimate of drug-likeness (QED) is 0.811. The van der Waals surface area contributed by atoms with Gasteiger partial charge in [-0.3, -0.25) is 4.90 Å². The summed E-state index contributed by atoms with van der Waals surface area (Å²) in [6.07, 6.45) is 5.35. The summed E-state index contributed by atoms with van der Waals surface area (Å²) in [6, 6.07) is 0. The Morgan fingerprint density at radius 3 is 2.32 bits per heavy atom. The van der Waals surface area contributed by atoms with Crippen LogP contribution in [0.4, 0.5) is 4.79 Å². The van der Waals surface area contributed by atoms with Crippen molar-refractivity contribution in [1.29, 1.82) is 0 Å². The van der Waals surface area contributed by atoms with E-state index < -0.39 is 5.60 Å². The first kappa shape index (κ1) is 18.3. The average Bonchev–Trinajstić information content (AvgIpc) is 2.45. The highest BCUT2D eigenvalue weighted by Gasteiger charge is 2.26. The maximum absolute atomic E-state index is 12.0. The molecule has 0 spiro atoms. The van der Waals surface area contributed by atoms with E-state index in [2.05, 4.69) is 11.5 Å². The van der Waals surface area contributed by atoms with Crippen LogP contribution < -0.4 is 5.73 Å². The van der Waals surface area contributed by atoms with Crippen molar-refractivity contribution < 1.29 is 9.53 Å². The van der Waals surface area contributed by atoms with E-state index in [-0.39, 0.29) is 6.09 Å². The summed E-state index contributed by atoms with van der Waals surface area (Å²) in [5.74, 6) is 0. The van der Waals surface area contributed by atoms with E-state index in [9.17, 15) is 4.79 Å². The van der Waals surface area contributed by atoms with Crippen LogP contribution in [-0.2, 0) is 4.74 Å². The van der Waals surface area contributed by atoms with Crippen LogP contribution in [0, 0.1) is 0 Å². The van der Waals surface area contributed by atoms with Gasteiger partial charge in [0.05, 0.1) is 0 Å². The molecule has 1 fully saturated rings. The first-order chi connectivity index (χ1) is 10.3. The third-order valence-corrected chi connectivity index (χ3v) is 3.42. The van der Waals surface area contributed by atoms with E-state index in [4.69, 9.17) is 10.5 Å². The van der Waals surface area contributed by atoms with E-state index in [1.807, 2.05) is 39.8 Å². The SMILES string of the molecule is C=C/C=C(CN1CCN(C(=O)OC(C)(C)C)CC1)\C(N)=C/C. The second-order valence-electron chi connectivity index (χ2n) is 6.42. The van der Waals surface area contributed by atoms with E-state index in [0.717, 1.165) is 30.9 Å². The number of allylic oxidation sites excluding steroid dienone is 3. The molecule has 0 bridgehead atoms. The predicted octanol–water partition coefficient (Wildman–Crippen LogP) is 2.51. The Bertz CT molecular complexity index is 453. The molecule has 124 valence electrons. The van der Waals surface area contributed by atoms with Crippen LogP contribution in [0.2, 0.25) is 0 Å². The van der Waals surface area contributed by atoms with Crippen LogP contribution in [0.25, 0.3) is 0 Å². The first-order valence-electron chi connectivity index (χ1n) is 7.71. The van der Waals surface area contributed by atoms with Crippen LogP contribution in [0.1, 0.15) is 27.7 Å². The van der Waals surface area contributed by atoms with Gasteiger partial charge < -0.3 is 15.4 Å². The third-order valence-electron chi connectivity index (χ3n) is 3.42. The standard InChI is InChI=1S/C17H29N3O2/c1-6-8-14(15(18)7-2)13-19-9-11-20(12-10-19)16(21)22-17(3,4)5/h6-8H,1,9-13,18H2,2-5H3/b14-8-,15-7+. The van der Waals surface area contributed by atoms with Crippen molar-refractivity contribution >= 4 is 6.09 Å². The fourth-order valence-electron chi connectivity index (χ4n) is 2.22. The Balaban J connectivity index is 2.53. The molecule has 0 aliphatic carbocycles. The molecule has 1 aliphatic rings. The van der Waals surface area contributed by atoms with E-state index in [1.54, 1.807) is 11.0 Å². The lowest BCUT2D eigenvalue weighted by atomic mass is 10.1. The molecular formula is C17H29N3O2. The molecule has 0 aromatic carbocycles. The molecule has 1 amide bonds. The lowest BCUT2D eigenvalue weighted by Crippen LogP contribution is -2.50. The summed E-state index contributed by atoms with van der Waals surface area (Å²) in [5.41, 5.74) is 7.38. The molecule has 1 heterocycles. The Hall–Kier alpha value is -1.75. The maximum atomic E-state index is 12.0. The van der Waals surface area contributed by atoms with Crippen LogP contribution in [0.15, 0.2) is 36.1 Å². The third kappa shape index (κ3) is 5.93. The molecule has 0 aromatic heterocycles. The van der Waals surface area contributed by atoms with Crippen molar-refractivity contribution in [2.24, 2.45) is 5.73 Å².